The van der Waals surface area contributed by atoms with Crippen molar-refractivity contribution in [2.24, 2.45) is 46.3 Å². The quantitative estimate of drug-likeness (QED) is 0.618. The molecule has 2 heterocycles. The third-order valence-corrected chi connectivity index (χ3v) is 12.1. The minimum absolute atomic E-state index is 0.0595. The van der Waals surface area contributed by atoms with Gasteiger partial charge in [0, 0.05) is 12.3 Å². The maximum absolute atomic E-state index is 10.3. The average molecular weight is 433 g/mol. The zero-order valence-electron chi connectivity index (χ0n) is 20.1. The van der Waals surface area contributed by atoms with Crippen molar-refractivity contribution >= 4 is 0 Å². The van der Waals surface area contributed by atoms with Crippen LogP contribution in [0.25, 0.3) is 0 Å². The lowest BCUT2D eigenvalue weighted by molar-refractivity contribution is -0.262. The Labute approximate surface area is 188 Å². The van der Waals surface area contributed by atoms with Gasteiger partial charge in [-0.15, -0.1) is 0 Å². The van der Waals surface area contributed by atoms with Crippen molar-refractivity contribution < 1.29 is 19.7 Å². The Bertz CT molecular complexity index is 741. The molecule has 0 unspecified atom stereocenters. The molecule has 0 bridgehead atoms. The summed E-state index contributed by atoms with van der Waals surface area (Å²) in [5.41, 5.74) is 0.351. The second kappa shape index (κ2) is 6.71. The third-order valence-electron chi connectivity index (χ3n) is 12.1. The predicted molar refractivity (Wildman–Crippen MR) is 119 cm³/mol. The monoisotopic (exact) mass is 432 g/mol. The Morgan fingerprint density at radius 3 is 2.39 bits per heavy atom. The Morgan fingerprint density at radius 1 is 0.871 bits per heavy atom. The van der Waals surface area contributed by atoms with E-state index >= 15 is 0 Å². The summed E-state index contributed by atoms with van der Waals surface area (Å²) in [4.78, 5) is 0. The SMILES string of the molecule is C[C@H]1[C@H]2[C@H](C[C@H]3[C@@H]4CC[C@H]5C[C@@H](O)CC[C@]5(C)[C@H]4CC[C@]23C)O[C@]12CC[C@](C)(CO)O2. The van der Waals surface area contributed by atoms with Crippen LogP contribution >= 0.6 is 0 Å². The zero-order chi connectivity index (χ0) is 21.8. The molecule has 0 amide bonds. The lowest BCUT2D eigenvalue weighted by Crippen LogP contribution is -2.54. The molecule has 4 heteroatoms. The summed E-state index contributed by atoms with van der Waals surface area (Å²) in [6.45, 7) is 9.68. The van der Waals surface area contributed by atoms with Crippen LogP contribution in [0.3, 0.4) is 0 Å². The van der Waals surface area contributed by atoms with Crippen LogP contribution in [0.15, 0.2) is 0 Å². The molecule has 4 saturated carbocycles. The first-order valence-corrected chi connectivity index (χ1v) is 13.3. The Kier molecular flexibility index (Phi) is 4.62. The van der Waals surface area contributed by atoms with Crippen LogP contribution < -0.4 is 0 Å². The Hall–Kier alpha value is -0.160. The van der Waals surface area contributed by atoms with Crippen molar-refractivity contribution in [2.75, 3.05) is 6.61 Å². The van der Waals surface area contributed by atoms with Crippen molar-refractivity contribution in [3.8, 4) is 0 Å². The van der Waals surface area contributed by atoms with Gasteiger partial charge in [-0.05, 0) is 105 Å². The van der Waals surface area contributed by atoms with Crippen LogP contribution in [-0.4, -0.2) is 40.4 Å². The summed E-state index contributed by atoms with van der Waals surface area (Å²) in [5.74, 6) is 3.67. The van der Waals surface area contributed by atoms with Gasteiger partial charge in [0.1, 0.15) is 0 Å². The highest BCUT2D eigenvalue weighted by molar-refractivity contribution is 5.16. The van der Waals surface area contributed by atoms with Crippen LogP contribution in [0.5, 0.6) is 0 Å². The van der Waals surface area contributed by atoms with Gasteiger partial charge in [-0.3, -0.25) is 0 Å². The van der Waals surface area contributed by atoms with Crippen LogP contribution in [-0.2, 0) is 9.47 Å². The first-order valence-electron chi connectivity index (χ1n) is 13.3. The third kappa shape index (κ3) is 2.74. The highest BCUT2D eigenvalue weighted by atomic mass is 16.7. The van der Waals surface area contributed by atoms with Crippen LogP contribution in [0.1, 0.15) is 91.9 Å². The molecular weight excluding hydrogens is 388 g/mol. The normalized spacial score (nSPS) is 62.9. The molecule has 0 aromatic heterocycles. The molecule has 31 heavy (non-hydrogen) atoms. The number of aliphatic hydroxyl groups is 2. The minimum Gasteiger partial charge on any atom is -0.393 e. The molecule has 4 aliphatic carbocycles. The van der Waals surface area contributed by atoms with E-state index in [2.05, 4.69) is 20.8 Å². The smallest absolute Gasteiger partial charge is 0.172 e. The highest BCUT2D eigenvalue weighted by Crippen LogP contribution is 2.71. The molecule has 2 N–H and O–H groups in total. The summed E-state index contributed by atoms with van der Waals surface area (Å²) in [6, 6.07) is 0. The zero-order valence-corrected chi connectivity index (χ0v) is 20.1. The van der Waals surface area contributed by atoms with E-state index in [1.807, 2.05) is 6.92 Å². The van der Waals surface area contributed by atoms with Gasteiger partial charge in [0.2, 0.25) is 0 Å². The van der Waals surface area contributed by atoms with Gasteiger partial charge in [0.15, 0.2) is 5.79 Å². The number of ether oxygens (including phenoxy) is 2. The van der Waals surface area contributed by atoms with Gasteiger partial charge in [-0.25, -0.2) is 0 Å². The van der Waals surface area contributed by atoms with E-state index in [4.69, 9.17) is 9.47 Å². The summed E-state index contributed by atoms with van der Waals surface area (Å²) in [6.07, 6.45) is 11.9. The van der Waals surface area contributed by atoms with Crippen molar-refractivity contribution in [1.29, 1.82) is 0 Å². The fourth-order valence-corrected chi connectivity index (χ4v) is 10.4. The van der Waals surface area contributed by atoms with Gasteiger partial charge in [-0.2, -0.15) is 0 Å². The first kappa shape index (κ1) is 21.4. The molecule has 12 atom stereocenters. The van der Waals surface area contributed by atoms with E-state index in [1.165, 1.54) is 38.5 Å². The molecule has 0 aromatic rings. The number of hydrogen-bond acceptors (Lipinski definition) is 4. The average Bonchev–Trinajstić information content (AvgIpc) is 3.32. The fourth-order valence-electron chi connectivity index (χ4n) is 10.4. The summed E-state index contributed by atoms with van der Waals surface area (Å²) in [5, 5.41) is 20.2. The maximum Gasteiger partial charge on any atom is 0.172 e. The summed E-state index contributed by atoms with van der Waals surface area (Å²) >= 11 is 0. The van der Waals surface area contributed by atoms with Gasteiger partial charge < -0.3 is 19.7 Å². The lowest BCUT2D eigenvalue weighted by atomic mass is 9.44. The molecular formula is C27H44O4. The standard InChI is InChI=1S/C27H44O4/c1-16-23-22(30-27(16)12-11-24(2,15-28)31-27)14-21-19-6-5-17-13-18(29)7-9-25(17,3)20(19)8-10-26(21,23)4/h16-23,28-29H,5-15H2,1-4H3/t16-,17-,18-,19+,20-,21-,22-,23-,24+,25-,26-,27-/m0/s1. The van der Waals surface area contributed by atoms with Crippen LogP contribution in [0.4, 0.5) is 0 Å². The molecule has 0 aromatic carbocycles. The summed E-state index contributed by atoms with van der Waals surface area (Å²) < 4.78 is 13.4. The molecule has 2 saturated heterocycles. The lowest BCUT2D eigenvalue weighted by Gasteiger charge is -2.61. The second-order valence-electron chi connectivity index (χ2n) is 13.4. The topological polar surface area (TPSA) is 58.9 Å². The largest absolute Gasteiger partial charge is 0.393 e. The number of rotatable bonds is 1. The molecule has 6 rings (SSSR count). The molecule has 176 valence electrons. The van der Waals surface area contributed by atoms with Gasteiger partial charge in [-0.1, -0.05) is 20.8 Å². The molecule has 6 aliphatic rings. The maximum atomic E-state index is 10.3. The van der Waals surface area contributed by atoms with Gasteiger partial charge in [0.05, 0.1) is 24.4 Å². The number of aliphatic hydroxyl groups excluding tert-OH is 2. The number of hydrogen-bond donors (Lipinski definition) is 2. The Balaban J connectivity index is 1.26. The van der Waals surface area contributed by atoms with Gasteiger partial charge >= 0.3 is 0 Å². The van der Waals surface area contributed by atoms with E-state index in [0.717, 1.165) is 49.4 Å². The van der Waals surface area contributed by atoms with Crippen molar-refractivity contribution in [1.82, 2.24) is 0 Å². The predicted octanol–water partition coefficient (Wildman–Crippen LogP) is 4.91. The summed E-state index contributed by atoms with van der Waals surface area (Å²) in [7, 11) is 0. The van der Waals surface area contributed by atoms with Crippen molar-refractivity contribution in [3.05, 3.63) is 0 Å². The second-order valence-corrected chi connectivity index (χ2v) is 13.4. The van der Waals surface area contributed by atoms with E-state index in [9.17, 15) is 10.2 Å². The molecule has 1 spiro atoms. The van der Waals surface area contributed by atoms with E-state index in [-0.39, 0.29) is 12.7 Å². The van der Waals surface area contributed by atoms with Crippen LogP contribution in [0.2, 0.25) is 0 Å². The van der Waals surface area contributed by atoms with E-state index in [0.29, 0.717) is 28.8 Å². The molecule has 0 radical (unpaired) electrons. The first-order chi connectivity index (χ1) is 14.6. The van der Waals surface area contributed by atoms with Crippen LogP contribution in [0, 0.1) is 46.3 Å². The fraction of sp³-hybridized carbons (Fsp3) is 1.00. The highest BCUT2D eigenvalue weighted by Gasteiger charge is 2.70. The van der Waals surface area contributed by atoms with Crippen molar-refractivity contribution in [2.45, 2.75) is 115 Å². The molecule has 2 aliphatic heterocycles. The van der Waals surface area contributed by atoms with Gasteiger partial charge in [0.25, 0.3) is 0 Å². The Morgan fingerprint density at radius 2 is 1.65 bits per heavy atom. The molecule has 4 nitrogen and oxygen atoms in total. The van der Waals surface area contributed by atoms with Crippen molar-refractivity contribution in [3.63, 3.8) is 0 Å². The molecule has 6 fully saturated rings. The number of fused-ring (bicyclic) bond motifs is 7. The van der Waals surface area contributed by atoms with E-state index < -0.39 is 11.4 Å². The minimum atomic E-state index is -0.471. The van der Waals surface area contributed by atoms with E-state index in [1.54, 1.807) is 0 Å².